The summed E-state index contributed by atoms with van der Waals surface area (Å²) in [6.45, 7) is 7.24. The Hall–Kier alpha value is -2.00. The Morgan fingerprint density at radius 1 is 1.14 bits per heavy atom. The van der Waals surface area contributed by atoms with Crippen LogP contribution in [0.1, 0.15) is 22.4 Å². The highest BCUT2D eigenvalue weighted by Gasteiger charge is 2.13. The van der Waals surface area contributed by atoms with Gasteiger partial charge in [0.1, 0.15) is 0 Å². The first kappa shape index (κ1) is 15.4. The molecule has 0 radical (unpaired) electrons. The molecule has 0 fully saturated rings. The van der Waals surface area contributed by atoms with Gasteiger partial charge in [0.2, 0.25) is 0 Å². The third kappa shape index (κ3) is 2.61. The maximum atomic E-state index is 6.08. The van der Waals surface area contributed by atoms with E-state index < -0.39 is 0 Å². The molecular formula is C17H20ClN3. The largest absolute Gasteiger partial charge is 0.397 e. The first-order chi connectivity index (χ1) is 9.58. The Labute approximate surface area is 131 Å². The van der Waals surface area contributed by atoms with Crippen LogP contribution in [0, 0.1) is 20.8 Å². The first-order valence-corrected chi connectivity index (χ1v) is 6.82. The van der Waals surface area contributed by atoms with Gasteiger partial charge in [0.15, 0.2) is 0 Å². The predicted molar refractivity (Wildman–Crippen MR) is 91.1 cm³/mol. The molecule has 21 heavy (non-hydrogen) atoms. The minimum Gasteiger partial charge on any atom is -0.397 e. The van der Waals surface area contributed by atoms with Crippen LogP contribution in [0.2, 0.25) is 0 Å². The smallest absolute Gasteiger partial charge is 0.0695 e. The second kappa shape index (κ2) is 5.78. The summed E-state index contributed by atoms with van der Waals surface area (Å²) in [7, 11) is 0. The zero-order valence-electron chi connectivity index (χ0n) is 12.6. The summed E-state index contributed by atoms with van der Waals surface area (Å²) < 4.78 is 2.29. The van der Waals surface area contributed by atoms with Crippen molar-refractivity contribution in [1.82, 2.24) is 9.55 Å². The fourth-order valence-electron chi connectivity index (χ4n) is 2.84. The standard InChI is InChI=1S/C17H19N3.ClH/c1-11-5-4-6-14(7-11)10-20-13(3)12(2)17-15(18)8-19-9-16(17)20;/h4-9H,10,18H2,1-3H3;1H. The molecule has 110 valence electrons. The van der Waals surface area contributed by atoms with E-state index in [0.717, 1.165) is 23.1 Å². The Morgan fingerprint density at radius 3 is 2.62 bits per heavy atom. The Bertz CT molecular complexity index is 790. The van der Waals surface area contributed by atoms with Gasteiger partial charge in [0, 0.05) is 17.6 Å². The van der Waals surface area contributed by atoms with Gasteiger partial charge < -0.3 is 10.3 Å². The highest BCUT2D eigenvalue weighted by Crippen LogP contribution is 2.29. The summed E-state index contributed by atoms with van der Waals surface area (Å²) in [4.78, 5) is 4.24. The van der Waals surface area contributed by atoms with Gasteiger partial charge in [-0.05, 0) is 31.9 Å². The van der Waals surface area contributed by atoms with Gasteiger partial charge in [-0.25, -0.2) is 0 Å². The van der Waals surface area contributed by atoms with Crippen molar-refractivity contribution in [2.45, 2.75) is 27.3 Å². The summed E-state index contributed by atoms with van der Waals surface area (Å²) in [5.41, 5.74) is 13.0. The number of rotatable bonds is 2. The van der Waals surface area contributed by atoms with Gasteiger partial charge in [-0.1, -0.05) is 29.8 Å². The lowest BCUT2D eigenvalue weighted by molar-refractivity contribution is 0.798. The van der Waals surface area contributed by atoms with Gasteiger partial charge in [-0.2, -0.15) is 0 Å². The molecule has 2 aromatic heterocycles. The number of nitrogens with two attached hydrogens (primary N) is 1. The van der Waals surface area contributed by atoms with E-state index in [9.17, 15) is 0 Å². The van der Waals surface area contributed by atoms with Crippen molar-refractivity contribution in [2.75, 3.05) is 5.73 Å². The molecule has 1 aromatic carbocycles. The summed E-state index contributed by atoms with van der Waals surface area (Å²) in [5, 5.41) is 1.13. The number of aromatic nitrogens is 2. The lowest BCUT2D eigenvalue weighted by Gasteiger charge is -2.09. The number of nitrogen functional groups attached to an aromatic ring is 1. The number of benzene rings is 1. The fourth-order valence-corrected chi connectivity index (χ4v) is 2.84. The molecule has 3 rings (SSSR count). The van der Waals surface area contributed by atoms with Crippen LogP contribution in [-0.4, -0.2) is 9.55 Å². The minimum atomic E-state index is 0. The minimum absolute atomic E-state index is 0. The molecule has 0 atom stereocenters. The number of nitrogens with zero attached hydrogens (tertiary/aromatic N) is 2. The Morgan fingerprint density at radius 2 is 1.90 bits per heavy atom. The topological polar surface area (TPSA) is 43.8 Å². The molecule has 0 aliphatic carbocycles. The number of aryl methyl sites for hydroxylation is 2. The van der Waals surface area contributed by atoms with Crippen LogP contribution in [-0.2, 0) is 6.54 Å². The second-order valence-electron chi connectivity index (χ2n) is 5.41. The Balaban J connectivity index is 0.00000161. The van der Waals surface area contributed by atoms with Crippen LogP contribution >= 0.6 is 12.4 Å². The molecular weight excluding hydrogens is 282 g/mol. The number of hydrogen-bond acceptors (Lipinski definition) is 2. The molecule has 3 aromatic rings. The lowest BCUT2D eigenvalue weighted by Crippen LogP contribution is -2.02. The molecule has 2 heterocycles. The van der Waals surface area contributed by atoms with Crippen LogP contribution in [0.3, 0.4) is 0 Å². The van der Waals surface area contributed by atoms with Crippen molar-refractivity contribution < 1.29 is 0 Å². The van der Waals surface area contributed by atoms with Crippen molar-refractivity contribution in [2.24, 2.45) is 0 Å². The summed E-state index contributed by atoms with van der Waals surface area (Å²) in [5.74, 6) is 0. The van der Waals surface area contributed by atoms with E-state index in [1.165, 1.54) is 22.4 Å². The van der Waals surface area contributed by atoms with Gasteiger partial charge in [-0.3, -0.25) is 4.98 Å². The SMILES string of the molecule is Cc1cccc(Cn2c(C)c(C)c3c(N)cncc32)c1.Cl. The van der Waals surface area contributed by atoms with Gasteiger partial charge in [-0.15, -0.1) is 12.4 Å². The average molecular weight is 302 g/mol. The second-order valence-corrected chi connectivity index (χ2v) is 5.41. The highest BCUT2D eigenvalue weighted by molar-refractivity contribution is 5.94. The van der Waals surface area contributed by atoms with E-state index in [1.54, 1.807) is 6.20 Å². The monoisotopic (exact) mass is 301 g/mol. The summed E-state index contributed by atoms with van der Waals surface area (Å²) in [6.07, 6.45) is 3.63. The third-order valence-electron chi connectivity index (χ3n) is 3.99. The van der Waals surface area contributed by atoms with Gasteiger partial charge >= 0.3 is 0 Å². The number of fused-ring (bicyclic) bond motifs is 1. The number of pyridine rings is 1. The van der Waals surface area contributed by atoms with Crippen LogP contribution < -0.4 is 5.73 Å². The molecule has 0 aliphatic rings. The third-order valence-corrected chi connectivity index (χ3v) is 3.99. The molecule has 0 spiro atoms. The zero-order chi connectivity index (χ0) is 14.3. The summed E-state index contributed by atoms with van der Waals surface area (Å²) in [6, 6.07) is 8.60. The molecule has 0 aliphatic heterocycles. The molecule has 0 amide bonds. The number of halogens is 1. The average Bonchev–Trinajstić information content (AvgIpc) is 2.65. The number of hydrogen-bond donors (Lipinski definition) is 1. The first-order valence-electron chi connectivity index (χ1n) is 6.82. The number of anilines is 1. The van der Waals surface area contributed by atoms with Crippen molar-refractivity contribution in [3.05, 3.63) is 59.0 Å². The van der Waals surface area contributed by atoms with E-state index in [2.05, 4.69) is 54.6 Å². The molecule has 0 saturated heterocycles. The van der Waals surface area contributed by atoms with Crippen molar-refractivity contribution >= 4 is 29.0 Å². The van der Waals surface area contributed by atoms with Crippen molar-refractivity contribution in [3.63, 3.8) is 0 Å². The van der Waals surface area contributed by atoms with E-state index in [1.807, 2.05) is 6.20 Å². The molecule has 2 N–H and O–H groups in total. The fraction of sp³-hybridized carbons (Fsp3) is 0.235. The van der Waals surface area contributed by atoms with Gasteiger partial charge in [0.05, 0.1) is 23.6 Å². The molecule has 0 unspecified atom stereocenters. The van der Waals surface area contributed by atoms with Crippen molar-refractivity contribution in [1.29, 1.82) is 0 Å². The summed E-state index contributed by atoms with van der Waals surface area (Å²) >= 11 is 0. The molecule has 4 heteroatoms. The van der Waals surface area contributed by atoms with E-state index in [0.29, 0.717) is 0 Å². The maximum absolute atomic E-state index is 6.08. The predicted octanol–water partition coefficient (Wildman–Crippen LogP) is 4.01. The van der Waals surface area contributed by atoms with Gasteiger partial charge in [0.25, 0.3) is 0 Å². The zero-order valence-corrected chi connectivity index (χ0v) is 13.4. The highest BCUT2D eigenvalue weighted by atomic mass is 35.5. The maximum Gasteiger partial charge on any atom is 0.0695 e. The quantitative estimate of drug-likeness (QED) is 0.777. The van der Waals surface area contributed by atoms with E-state index in [4.69, 9.17) is 5.73 Å². The molecule has 3 nitrogen and oxygen atoms in total. The molecule has 0 saturated carbocycles. The van der Waals surface area contributed by atoms with E-state index in [-0.39, 0.29) is 12.4 Å². The normalized spacial score (nSPS) is 10.6. The van der Waals surface area contributed by atoms with Crippen LogP contribution in [0.5, 0.6) is 0 Å². The molecule has 0 bridgehead atoms. The lowest BCUT2D eigenvalue weighted by atomic mass is 10.1. The van der Waals surface area contributed by atoms with E-state index >= 15 is 0 Å². The van der Waals surface area contributed by atoms with Crippen LogP contribution in [0.25, 0.3) is 10.9 Å². The van der Waals surface area contributed by atoms with Crippen LogP contribution in [0.15, 0.2) is 36.7 Å². The Kier molecular flexibility index (Phi) is 4.24. The van der Waals surface area contributed by atoms with Crippen molar-refractivity contribution in [3.8, 4) is 0 Å². The van der Waals surface area contributed by atoms with Crippen LogP contribution in [0.4, 0.5) is 5.69 Å².